The molecule has 1 aromatic heterocycles. The van der Waals surface area contributed by atoms with E-state index >= 15 is 0 Å². The number of carbonyl (C=O) groups is 2. The van der Waals surface area contributed by atoms with Crippen LogP contribution >= 0.6 is 11.3 Å². The third kappa shape index (κ3) is 3.03. The summed E-state index contributed by atoms with van der Waals surface area (Å²) in [6, 6.07) is 5.00. The summed E-state index contributed by atoms with van der Waals surface area (Å²) in [7, 11) is 0. The molecule has 0 radical (unpaired) electrons. The predicted molar refractivity (Wildman–Crippen MR) is 89.4 cm³/mol. The Morgan fingerprint density at radius 2 is 2.29 bits per heavy atom. The molecule has 126 valence electrons. The summed E-state index contributed by atoms with van der Waals surface area (Å²) >= 11 is 1.33. The van der Waals surface area contributed by atoms with Crippen molar-refractivity contribution in [3.8, 4) is 0 Å². The zero-order valence-electron chi connectivity index (χ0n) is 13.5. The van der Waals surface area contributed by atoms with E-state index in [0.29, 0.717) is 30.0 Å². The number of benzene rings is 1. The highest BCUT2D eigenvalue weighted by Gasteiger charge is 2.36. The second-order valence-electron chi connectivity index (χ2n) is 5.61. The Balaban J connectivity index is 2.00. The van der Waals surface area contributed by atoms with Crippen molar-refractivity contribution < 1.29 is 14.0 Å². The number of hydrogen-bond donors (Lipinski definition) is 1. The molecule has 2 amide bonds. The van der Waals surface area contributed by atoms with Crippen LogP contribution in [-0.2, 0) is 11.2 Å². The lowest BCUT2D eigenvalue weighted by Crippen LogP contribution is -2.52. The highest BCUT2D eigenvalue weighted by atomic mass is 32.1. The Hall–Kier alpha value is -2.28. The Morgan fingerprint density at radius 1 is 1.50 bits per heavy atom. The largest absolute Gasteiger partial charge is 0.352 e. The summed E-state index contributed by atoms with van der Waals surface area (Å²) in [4.78, 5) is 31.9. The molecule has 5 nitrogen and oxygen atoms in total. The van der Waals surface area contributed by atoms with Gasteiger partial charge in [-0.05, 0) is 31.0 Å². The van der Waals surface area contributed by atoms with Crippen LogP contribution in [0.15, 0.2) is 24.3 Å². The van der Waals surface area contributed by atoms with Gasteiger partial charge in [0.15, 0.2) is 0 Å². The van der Waals surface area contributed by atoms with Gasteiger partial charge in [0.1, 0.15) is 16.7 Å². The van der Waals surface area contributed by atoms with Crippen molar-refractivity contribution in [2.45, 2.75) is 26.3 Å². The molecule has 0 bridgehead atoms. The van der Waals surface area contributed by atoms with Gasteiger partial charge in [-0.1, -0.05) is 19.1 Å². The zero-order valence-corrected chi connectivity index (χ0v) is 14.3. The van der Waals surface area contributed by atoms with E-state index in [1.807, 2.05) is 13.8 Å². The van der Waals surface area contributed by atoms with E-state index in [2.05, 4.69) is 10.3 Å². The minimum atomic E-state index is -0.825. The summed E-state index contributed by atoms with van der Waals surface area (Å²) in [5.41, 5.74) is 1.21. The lowest BCUT2D eigenvalue weighted by atomic mass is 10.0. The molecule has 0 spiro atoms. The Morgan fingerprint density at radius 3 is 3.00 bits per heavy atom. The molecular weight excluding hydrogens is 329 g/mol. The average molecular weight is 347 g/mol. The van der Waals surface area contributed by atoms with Crippen molar-refractivity contribution in [2.75, 3.05) is 13.1 Å². The lowest BCUT2D eigenvalue weighted by molar-refractivity contribution is -0.128. The highest BCUT2D eigenvalue weighted by Crippen LogP contribution is 2.28. The quantitative estimate of drug-likeness (QED) is 0.928. The van der Waals surface area contributed by atoms with Crippen LogP contribution in [-0.4, -0.2) is 34.8 Å². The Bertz CT molecular complexity index is 790. The number of hydrogen-bond acceptors (Lipinski definition) is 4. The van der Waals surface area contributed by atoms with Gasteiger partial charge in [0.2, 0.25) is 5.91 Å². The lowest BCUT2D eigenvalue weighted by Gasteiger charge is -2.35. The number of halogens is 1. The average Bonchev–Trinajstić information content (AvgIpc) is 2.95. The van der Waals surface area contributed by atoms with E-state index in [9.17, 15) is 14.0 Å². The van der Waals surface area contributed by atoms with E-state index in [1.54, 1.807) is 12.1 Å². The molecule has 1 fully saturated rings. The van der Waals surface area contributed by atoms with Crippen LogP contribution in [0.5, 0.6) is 0 Å². The zero-order chi connectivity index (χ0) is 17.3. The smallest absolute Gasteiger partial charge is 0.266 e. The minimum Gasteiger partial charge on any atom is -0.352 e. The van der Waals surface area contributed by atoms with Gasteiger partial charge in [-0.15, -0.1) is 11.3 Å². The predicted octanol–water partition coefficient (Wildman–Crippen LogP) is 2.47. The molecule has 1 saturated heterocycles. The van der Waals surface area contributed by atoms with Crippen molar-refractivity contribution in [1.82, 2.24) is 15.2 Å². The van der Waals surface area contributed by atoms with Crippen molar-refractivity contribution in [3.05, 3.63) is 51.2 Å². The molecule has 1 aromatic carbocycles. The Labute approximate surface area is 143 Å². The maximum atomic E-state index is 13.6. The van der Waals surface area contributed by atoms with Gasteiger partial charge in [-0.2, -0.15) is 0 Å². The number of piperazine rings is 1. The molecule has 2 heterocycles. The van der Waals surface area contributed by atoms with Crippen LogP contribution in [0.2, 0.25) is 0 Å². The van der Waals surface area contributed by atoms with Crippen molar-refractivity contribution >= 4 is 23.2 Å². The minimum absolute atomic E-state index is 0.221. The summed E-state index contributed by atoms with van der Waals surface area (Å²) in [5, 5.41) is 3.57. The molecule has 0 aliphatic carbocycles. The first-order valence-corrected chi connectivity index (χ1v) is 8.63. The van der Waals surface area contributed by atoms with Gasteiger partial charge in [0.25, 0.3) is 5.91 Å². The number of nitrogens with one attached hydrogen (secondary N) is 1. The van der Waals surface area contributed by atoms with Gasteiger partial charge in [-0.25, -0.2) is 9.37 Å². The van der Waals surface area contributed by atoms with E-state index in [0.717, 1.165) is 10.7 Å². The molecule has 24 heavy (non-hydrogen) atoms. The molecule has 3 rings (SSSR count). The highest BCUT2D eigenvalue weighted by molar-refractivity contribution is 7.13. The standard InChI is InChI=1S/C17H18FN3O2S/c1-3-13-15(24-10(2)20-13)17(23)21-8-7-19-16(22)14(21)11-5-4-6-12(18)9-11/h4-6,9,14H,3,7-8H2,1-2H3,(H,19,22). The number of rotatable bonds is 3. The van der Waals surface area contributed by atoms with E-state index in [4.69, 9.17) is 0 Å². The molecule has 1 unspecified atom stereocenters. The molecule has 1 aliphatic heterocycles. The second kappa shape index (κ2) is 6.68. The fourth-order valence-electron chi connectivity index (χ4n) is 2.90. The van der Waals surface area contributed by atoms with Crippen LogP contribution in [0.1, 0.15) is 38.9 Å². The molecule has 7 heteroatoms. The molecule has 0 saturated carbocycles. The first-order valence-electron chi connectivity index (χ1n) is 7.81. The number of thiazole rings is 1. The number of aromatic nitrogens is 1. The SMILES string of the molecule is CCc1nc(C)sc1C(=O)N1CCNC(=O)C1c1cccc(F)c1. The summed E-state index contributed by atoms with van der Waals surface area (Å²) in [5.74, 6) is -0.942. The molecule has 1 N–H and O–H groups in total. The van der Waals surface area contributed by atoms with Crippen LogP contribution < -0.4 is 5.32 Å². The van der Waals surface area contributed by atoms with Gasteiger partial charge in [-0.3, -0.25) is 9.59 Å². The van der Waals surface area contributed by atoms with Crippen LogP contribution in [0.4, 0.5) is 4.39 Å². The second-order valence-corrected chi connectivity index (χ2v) is 6.81. The van der Waals surface area contributed by atoms with Gasteiger partial charge >= 0.3 is 0 Å². The summed E-state index contributed by atoms with van der Waals surface area (Å²) in [6.07, 6.45) is 0.649. The molecular formula is C17H18FN3O2S. The maximum Gasteiger partial charge on any atom is 0.266 e. The fraction of sp³-hybridized carbons (Fsp3) is 0.353. The van der Waals surface area contributed by atoms with Crippen molar-refractivity contribution in [3.63, 3.8) is 0 Å². The number of nitrogens with zero attached hydrogens (tertiary/aromatic N) is 2. The van der Waals surface area contributed by atoms with Crippen molar-refractivity contribution in [2.24, 2.45) is 0 Å². The monoisotopic (exact) mass is 347 g/mol. The van der Waals surface area contributed by atoms with Crippen LogP contribution in [0.3, 0.4) is 0 Å². The van der Waals surface area contributed by atoms with Crippen molar-refractivity contribution in [1.29, 1.82) is 0 Å². The third-order valence-corrected chi connectivity index (χ3v) is 4.97. The first kappa shape index (κ1) is 16.6. The van der Waals surface area contributed by atoms with E-state index in [-0.39, 0.29) is 11.8 Å². The summed E-state index contributed by atoms with van der Waals surface area (Å²) < 4.78 is 13.6. The topological polar surface area (TPSA) is 62.3 Å². The normalized spacial score (nSPS) is 17.7. The van der Waals surface area contributed by atoms with E-state index < -0.39 is 11.9 Å². The molecule has 2 aromatic rings. The Kier molecular flexibility index (Phi) is 4.62. The summed E-state index contributed by atoms with van der Waals surface area (Å²) in [6.45, 7) is 4.56. The van der Waals surface area contributed by atoms with Gasteiger partial charge in [0, 0.05) is 13.1 Å². The molecule has 1 aliphatic rings. The maximum absolute atomic E-state index is 13.6. The number of amides is 2. The van der Waals surface area contributed by atoms with E-state index in [1.165, 1.54) is 28.4 Å². The van der Waals surface area contributed by atoms with Crippen LogP contribution in [0, 0.1) is 12.7 Å². The number of aryl methyl sites for hydroxylation is 2. The van der Waals surface area contributed by atoms with Gasteiger partial charge in [0.05, 0.1) is 10.7 Å². The van der Waals surface area contributed by atoms with Crippen LogP contribution in [0.25, 0.3) is 0 Å². The third-order valence-electron chi connectivity index (χ3n) is 3.97. The fourth-order valence-corrected chi connectivity index (χ4v) is 3.86. The van der Waals surface area contributed by atoms with Gasteiger partial charge < -0.3 is 10.2 Å². The first-order chi connectivity index (χ1) is 11.5. The number of carbonyl (C=O) groups excluding carboxylic acids is 2. The molecule has 1 atom stereocenters.